The SMILES string of the molecule is CCc1nc(C)cc(N(C)C(C)CC(=N)N)n1. The van der Waals surface area contributed by atoms with Gasteiger partial charge in [-0.05, 0) is 13.8 Å². The summed E-state index contributed by atoms with van der Waals surface area (Å²) in [5.41, 5.74) is 6.39. The minimum atomic E-state index is 0.159. The number of aromatic nitrogens is 2. The zero-order valence-corrected chi connectivity index (χ0v) is 11.0. The van der Waals surface area contributed by atoms with E-state index in [1.54, 1.807) is 0 Å². The van der Waals surface area contributed by atoms with Gasteiger partial charge in [-0.2, -0.15) is 0 Å². The molecule has 0 spiro atoms. The van der Waals surface area contributed by atoms with Crippen LogP contribution in [0.5, 0.6) is 0 Å². The molecule has 94 valence electrons. The van der Waals surface area contributed by atoms with Crippen LogP contribution in [-0.2, 0) is 6.42 Å². The zero-order chi connectivity index (χ0) is 13.0. The molecule has 5 nitrogen and oxygen atoms in total. The van der Waals surface area contributed by atoms with E-state index < -0.39 is 0 Å². The first-order chi connectivity index (χ1) is 7.93. The summed E-state index contributed by atoms with van der Waals surface area (Å²) in [7, 11) is 1.97. The molecule has 0 saturated heterocycles. The van der Waals surface area contributed by atoms with Crippen molar-refractivity contribution >= 4 is 11.7 Å². The molecule has 1 heterocycles. The number of nitrogens with two attached hydrogens (primary N) is 1. The minimum Gasteiger partial charge on any atom is -0.388 e. The Kier molecular flexibility index (Phi) is 4.43. The van der Waals surface area contributed by atoms with Crippen molar-refractivity contribution in [2.24, 2.45) is 5.73 Å². The van der Waals surface area contributed by atoms with Gasteiger partial charge in [-0.3, -0.25) is 5.41 Å². The lowest BCUT2D eigenvalue weighted by molar-refractivity contribution is 0.694. The van der Waals surface area contributed by atoms with Gasteiger partial charge in [-0.1, -0.05) is 6.92 Å². The molecule has 0 fully saturated rings. The fourth-order valence-corrected chi connectivity index (χ4v) is 1.63. The largest absolute Gasteiger partial charge is 0.388 e. The lowest BCUT2D eigenvalue weighted by Crippen LogP contribution is -2.33. The molecule has 0 aliphatic rings. The average molecular weight is 235 g/mol. The van der Waals surface area contributed by atoms with Crippen LogP contribution in [0, 0.1) is 12.3 Å². The van der Waals surface area contributed by atoms with Crippen molar-refractivity contribution in [2.45, 2.75) is 39.7 Å². The summed E-state index contributed by atoms with van der Waals surface area (Å²) in [5, 5.41) is 7.32. The highest BCUT2D eigenvalue weighted by atomic mass is 15.2. The third-order valence-corrected chi connectivity index (χ3v) is 2.74. The van der Waals surface area contributed by atoms with Gasteiger partial charge in [0.25, 0.3) is 0 Å². The summed E-state index contributed by atoms with van der Waals surface area (Å²) in [5.74, 6) is 1.94. The predicted octanol–water partition coefficient (Wildman–Crippen LogP) is 1.50. The van der Waals surface area contributed by atoms with Crippen molar-refractivity contribution in [2.75, 3.05) is 11.9 Å². The molecular weight excluding hydrogens is 214 g/mol. The molecule has 0 aromatic carbocycles. The molecule has 1 rings (SSSR count). The molecule has 1 aromatic heterocycles. The second-order valence-electron chi connectivity index (χ2n) is 4.33. The number of anilines is 1. The Labute approximate surface area is 103 Å². The van der Waals surface area contributed by atoms with Crippen LogP contribution < -0.4 is 10.6 Å². The Bertz CT molecular complexity index is 402. The van der Waals surface area contributed by atoms with Crippen molar-refractivity contribution < 1.29 is 0 Å². The molecule has 5 heteroatoms. The monoisotopic (exact) mass is 235 g/mol. The topological polar surface area (TPSA) is 78.9 Å². The van der Waals surface area contributed by atoms with E-state index in [1.807, 2.05) is 38.8 Å². The third-order valence-electron chi connectivity index (χ3n) is 2.74. The normalized spacial score (nSPS) is 12.2. The molecule has 3 N–H and O–H groups in total. The second-order valence-corrected chi connectivity index (χ2v) is 4.33. The van der Waals surface area contributed by atoms with Gasteiger partial charge >= 0.3 is 0 Å². The highest BCUT2D eigenvalue weighted by molar-refractivity contribution is 5.77. The summed E-state index contributed by atoms with van der Waals surface area (Å²) in [6.07, 6.45) is 1.37. The van der Waals surface area contributed by atoms with Crippen molar-refractivity contribution in [3.63, 3.8) is 0 Å². The lowest BCUT2D eigenvalue weighted by atomic mass is 10.2. The maximum absolute atomic E-state index is 7.32. The zero-order valence-electron chi connectivity index (χ0n) is 11.0. The first kappa shape index (κ1) is 13.4. The molecule has 1 unspecified atom stereocenters. The fraction of sp³-hybridized carbons (Fsp3) is 0.583. The van der Waals surface area contributed by atoms with E-state index in [4.69, 9.17) is 11.1 Å². The fourth-order valence-electron chi connectivity index (χ4n) is 1.63. The smallest absolute Gasteiger partial charge is 0.132 e. The average Bonchev–Trinajstić information content (AvgIpc) is 2.26. The Morgan fingerprint density at radius 1 is 1.53 bits per heavy atom. The second kappa shape index (κ2) is 5.61. The quantitative estimate of drug-likeness (QED) is 0.599. The van der Waals surface area contributed by atoms with Crippen LogP contribution in [0.25, 0.3) is 0 Å². The molecule has 0 aliphatic heterocycles. The Hall–Kier alpha value is -1.65. The van der Waals surface area contributed by atoms with E-state index in [1.165, 1.54) is 0 Å². The number of rotatable bonds is 5. The summed E-state index contributed by atoms with van der Waals surface area (Å²) in [4.78, 5) is 10.9. The summed E-state index contributed by atoms with van der Waals surface area (Å²) >= 11 is 0. The number of aryl methyl sites for hydroxylation is 2. The summed E-state index contributed by atoms with van der Waals surface area (Å²) < 4.78 is 0. The van der Waals surface area contributed by atoms with E-state index in [2.05, 4.69) is 9.97 Å². The van der Waals surface area contributed by atoms with Crippen LogP contribution in [0.4, 0.5) is 5.82 Å². The number of amidine groups is 1. The van der Waals surface area contributed by atoms with Crippen LogP contribution in [0.15, 0.2) is 6.07 Å². The maximum atomic E-state index is 7.32. The number of nitrogens with zero attached hydrogens (tertiary/aromatic N) is 3. The van der Waals surface area contributed by atoms with Gasteiger partial charge in [0, 0.05) is 37.7 Å². The molecule has 0 radical (unpaired) electrons. The molecule has 0 amide bonds. The third kappa shape index (κ3) is 3.69. The van der Waals surface area contributed by atoms with Gasteiger partial charge < -0.3 is 10.6 Å². The van der Waals surface area contributed by atoms with E-state index in [0.29, 0.717) is 6.42 Å². The highest BCUT2D eigenvalue weighted by Crippen LogP contribution is 2.15. The van der Waals surface area contributed by atoms with Crippen LogP contribution in [-0.4, -0.2) is 28.9 Å². The lowest BCUT2D eigenvalue weighted by Gasteiger charge is -2.26. The Balaban J connectivity index is 2.91. The van der Waals surface area contributed by atoms with Crippen molar-refractivity contribution in [1.29, 1.82) is 5.41 Å². The van der Waals surface area contributed by atoms with Crippen LogP contribution in [0.3, 0.4) is 0 Å². The van der Waals surface area contributed by atoms with Gasteiger partial charge in [0.2, 0.25) is 0 Å². The first-order valence-electron chi connectivity index (χ1n) is 5.84. The van der Waals surface area contributed by atoms with Crippen LogP contribution in [0.2, 0.25) is 0 Å². The van der Waals surface area contributed by atoms with Gasteiger partial charge in [0.1, 0.15) is 11.6 Å². The predicted molar refractivity (Wildman–Crippen MR) is 70.5 cm³/mol. The van der Waals surface area contributed by atoms with E-state index >= 15 is 0 Å². The van der Waals surface area contributed by atoms with E-state index in [0.717, 1.165) is 23.8 Å². The molecule has 1 aromatic rings. The number of hydrogen-bond acceptors (Lipinski definition) is 4. The van der Waals surface area contributed by atoms with Crippen molar-refractivity contribution in [3.8, 4) is 0 Å². The van der Waals surface area contributed by atoms with Crippen molar-refractivity contribution in [3.05, 3.63) is 17.6 Å². The highest BCUT2D eigenvalue weighted by Gasteiger charge is 2.13. The Morgan fingerprint density at radius 2 is 2.18 bits per heavy atom. The van der Waals surface area contributed by atoms with Gasteiger partial charge in [0.05, 0.1) is 5.84 Å². The van der Waals surface area contributed by atoms with E-state index in [9.17, 15) is 0 Å². The molecule has 0 aliphatic carbocycles. The van der Waals surface area contributed by atoms with Crippen LogP contribution in [0.1, 0.15) is 31.8 Å². The molecular formula is C12H21N5. The number of hydrogen-bond donors (Lipinski definition) is 2. The van der Waals surface area contributed by atoms with Gasteiger partial charge in [0.15, 0.2) is 0 Å². The molecule has 0 bridgehead atoms. The van der Waals surface area contributed by atoms with E-state index in [-0.39, 0.29) is 11.9 Å². The van der Waals surface area contributed by atoms with Crippen molar-refractivity contribution in [1.82, 2.24) is 9.97 Å². The molecule has 17 heavy (non-hydrogen) atoms. The summed E-state index contributed by atoms with van der Waals surface area (Å²) in [6.45, 7) is 6.04. The molecule has 0 saturated carbocycles. The maximum Gasteiger partial charge on any atom is 0.132 e. The minimum absolute atomic E-state index is 0.159. The standard InChI is InChI=1S/C12H21N5/c1-5-11-15-8(2)6-12(16-11)17(4)9(3)7-10(13)14/h6,9H,5,7H2,1-4H3,(H3,13,14). The van der Waals surface area contributed by atoms with Crippen LogP contribution >= 0.6 is 0 Å². The van der Waals surface area contributed by atoms with Gasteiger partial charge in [-0.25, -0.2) is 9.97 Å². The number of nitrogens with one attached hydrogen (secondary N) is 1. The van der Waals surface area contributed by atoms with Gasteiger partial charge in [-0.15, -0.1) is 0 Å². The first-order valence-corrected chi connectivity index (χ1v) is 5.84. The molecule has 1 atom stereocenters. The summed E-state index contributed by atoms with van der Waals surface area (Å²) in [6, 6.07) is 2.11. The Morgan fingerprint density at radius 3 is 2.71 bits per heavy atom.